The lowest BCUT2D eigenvalue weighted by molar-refractivity contribution is -0.121. The van der Waals surface area contributed by atoms with Gasteiger partial charge in [-0.1, -0.05) is 20.8 Å². The summed E-state index contributed by atoms with van der Waals surface area (Å²) in [5.74, 6) is 0.658. The molecule has 2 N–H and O–H groups in total. The predicted octanol–water partition coefficient (Wildman–Crippen LogP) is 2.07. The lowest BCUT2D eigenvalue weighted by Crippen LogP contribution is -2.29. The van der Waals surface area contributed by atoms with Gasteiger partial charge in [0.15, 0.2) is 0 Å². The molecule has 1 aliphatic rings. The summed E-state index contributed by atoms with van der Waals surface area (Å²) in [4.78, 5) is 11.8. The average molecular weight is 263 g/mol. The Balaban J connectivity index is 1.94. The first-order valence-corrected chi connectivity index (χ1v) is 7.28. The van der Waals surface area contributed by atoms with Crippen LogP contribution in [0.25, 0.3) is 0 Å². The lowest BCUT2D eigenvalue weighted by Gasteiger charge is -2.20. The number of aromatic nitrogens is 1. The molecule has 1 aromatic heterocycles. The third-order valence-corrected chi connectivity index (χ3v) is 3.49. The average Bonchev–Trinajstić information content (AvgIpc) is 3.03. The minimum atomic E-state index is 0.120. The zero-order valence-electron chi connectivity index (χ0n) is 12.1. The Morgan fingerprint density at radius 3 is 2.79 bits per heavy atom. The van der Waals surface area contributed by atoms with Crippen LogP contribution in [0, 0.1) is 5.92 Å². The minimum absolute atomic E-state index is 0.120. The number of rotatable bonds is 7. The van der Waals surface area contributed by atoms with Crippen molar-refractivity contribution in [2.45, 2.75) is 52.2 Å². The fourth-order valence-corrected chi connectivity index (χ4v) is 2.37. The van der Waals surface area contributed by atoms with Crippen LogP contribution in [-0.4, -0.2) is 23.1 Å². The lowest BCUT2D eigenvalue weighted by atomic mass is 9.98. The van der Waals surface area contributed by atoms with E-state index in [0.29, 0.717) is 24.5 Å². The molecule has 4 nitrogen and oxygen atoms in total. The van der Waals surface area contributed by atoms with Gasteiger partial charge in [0, 0.05) is 24.5 Å². The summed E-state index contributed by atoms with van der Waals surface area (Å²) < 4.78 is 1.97. The highest BCUT2D eigenvalue weighted by molar-refractivity contribution is 5.76. The molecule has 2 rings (SSSR count). The Hall–Kier alpha value is -1.29. The van der Waals surface area contributed by atoms with E-state index in [1.54, 1.807) is 0 Å². The summed E-state index contributed by atoms with van der Waals surface area (Å²) in [5.41, 5.74) is 1.26. The molecule has 4 heteroatoms. The van der Waals surface area contributed by atoms with Gasteiger partial charge < -0.3 is 15.2 Å². The monoisotopic (exact) mass is 263 g/mol. The molecule has 106 valence electrons. The van der Waals surface area contributed by atoms with Gasteiger partial charge in [-0.25, -0.2) is 0 Å². The van der Waals surface area contributed by atoms with Gasteiger partial charge in [0.25, 0.3) is 0 Å². The van der Waals surface area contributed by atoms with Crippen LogP contribution in [-0.2, 0) is 11.3 Å². The minimum Gasteiger partial charge on any atom is -0.352 e. The van der Waals surface area contributed by atoms with E-state index in [1.807, 2.05) is 10.8 Å². The summed E-state index contributed by atoms with van der Waals surface area (Å²) in [6.45, 7) is 7.92. The number of nitrogens with zero attached hydrogens (tertiary/aromatic N) is 1. The van der Waals surface area contributed by atoms with E-state index in [-0.39, 0.29) is 5.91 Å². The molecular weight excluding hydrogens is 238 g/mol. The van der Waals surface area contributed by atoms with Crippen molar-refractivity contribution in [2.75, 3.05) is 6.54 Å². The van der Waals surface area contributed by atoms with Crippen molar-refractivity contribution >= 4 is 5.91 Å². The van der Waals surface area contributed by atoms with Crippen LogP contribution < -0.4 is 10.6 Å². The maximum Gasteiger partial charge on any atom is 0.240 e. The quantitative estimate of drug-likeness (QED) is 0.791. The maximum atomic E-state index is 11.8. The third-order valence-electron chi connectivity index (χ3n) is 3.49. The number of nitrogens with one attached hydrogen (secondary N) is 2. The molecule has 19 heavy (non-hydrogen) atoms. The molecule has 0 spiro atoms. The number of hydrogen-bond donors (Lipinski definition) is 2. The number of carbonyl (C=O) groups is 1. The third kappa shape index (κ3) is 4.10. The van der Waals surface area contributed by atoms with E-state index < -0.39 is 0 Å². The molecule has 1 unspecified atom stereocenters. The van der Waals surface area contributed by atoms with Gasteiger partial charge in [-0.2, -0.15) is 0 Å². The normalized spacial score (nSPS) is 16.6. The van der Waals surface area contributed by atoms with E-state index in [4.69, 9.17) is 0 Å². The van der Waals surface area contributed by atoms with Crippen LogP contribution in [0.1, 0.15) is 45.2 Å². The van der Waals surface area contributed by atoms with Gasteiger partial charge in [-0.15, -0.1) is 0 Å². The number of amides is 1. The molecule has 1 atom stereocenters. The first kappa shape index (κ1) is 14.1. The molecule has 0 saturated heterocycles. The Morgan fingerprint density at radius 2 is 2.21 bits per heavy atom. The molecular formula is C15H25N3O. The zero-order chi connectivity index (χ0) is 13.8. The summed E-state index contributed by atoms with van der Waals surface area (Å²) in [7, 11) is 0. The standard InChI is InChI=1S/C15H25N3O/c1-4-16-15(11(2)3)12-7-8-18(9-12)10-14(19)17-13-5-6-13/h7-9,11,13,15-16H,4-6,10H2,1-3H3,(H,17,19). The van der Waals surface area contributed by atoms with Crippen LogP contribution in [0.2, 0.25) is 0 Å². The molecule has 0 radical (unpaired) electrons. The summed E-state index contributed by atoms with van der Waals surface area (Å²) in [6.07, 6.45) is 6.35. The van der Waals surface area contributed by atoms with Crippen LogP contribution in [0.5, 0.6) is 0 Å². The number of hydrogen-bond acceptors (Lipinski definition) is 2. The Morgan fingerprint density at radius 1 is 1.47 bits per heavy atom. The SMILES string of the molecule is CCNC(c1ccn(CC(=O)NC2CC2)c1)C(C)C. The fourth-order valence-electron chi connectivity index (χ4n) is 2.37. The summed E-state index contributed by atoms with van der Waals surface area (Å²) in [6, 6.07) is 2.91. The molecule has 0 bridgehead atoms. The Labute approximate surface area is 115 Å². The van der Waals surface area contributed by atoms with Gasteiger partial charge in [0.05, 0.1) is 0 Å². The van der Waals surface area contributed by atoms with Gasteiger partial charge in [0.2, 0.25) is 5.91 Å². The summed E-state index contributed by atoms with van der Waals surface area (Å²) in [5, 5.41) is 6.51. The van der Waals surface area contributed by atoms with Crippen molar-refractivity contribution in [1.29, 1.82) is 0 Å². The second-order valence-electron chi connectivity index (χ2n) is 5.74. The van der Waals surface area contributed by atoms with Crippen molar-refractivity contribution in [3.05, 3.63) is 24.0 Å². The Kier molecular flexibility index (Phi) is 4.64. The van der Waals surface area contributed by atoms with Crippen molar-refractivity contribution in [3.8, 4) is 0 Å². The van der Waals surface area contributed by atoms with E-state index in [9.17, 15) is 4.79 Å². The van der Waals surface area contributed by atoms with Gasteiger partial charge in [-0.05, 0) is 36.9 Å². The van der Waals surface area contributed by atoms with Crippen molar-refractivity contribution in [3.63, 3.8) is 0 Å². The largest absolute Gasteiger partial charge is 0.352 e. The van der Waals surface area contributed by atoms with Gasteiger partial charge in [-0.3, -0.25) is 4.79 Å². The molecule has 1 aromatic rings. The van der Waals surface area contributed by atoms with Crippen molar-refractivity contribution in [2.24, 2.45) is 5.92 Å². The zero-order valence-corrected chi connectivity index (χ0v) is 12.1. The molecule has 1 fully saturated rings. The van der Waals surface area contributed by atoms with Crippen molar-refractivity contribution in [1.82, 2.24) is 15.2 Å². The maximum absolute atomic E-state index is 11.8. The van der Waals surface area contributed by atoms with E-state index in [2.05, 4.69) is 43.7 Å². The molecule has 0 aromatic carbocycles. The highest BCUT2D eigenvalue weighted by Crippen LogP contribution is 2.22. The van der Waals surface area contributed by atoms with E-state index in [0.717, 1.165) is 19.4 Å². The van der Waals surface area contributed by atoms with Crippen LogP contribution in [0.15, 0.2) is 18.5 Å². The molecule has 1 aliphatic carbocycles. The summed E-state index contributed by atoms with van der Waals surface area (Å²) >= 11 is 0. The second-order valence-corrected chi connectivity index (χ2v) is 5.74. The molecule has 1 saturated carbocycles. The Bertz CT molecular complexity index is 421. The second kappa shape index (κ2) is 6.24. The first-order valence-electron chi connectivity index (χ1n) is 7.28. The van der Waals surface area contributed by atoms with Gasteiger partial charge in [0.1, 0.15) is 6.54 Å². The van der Waals surface area contributed by atoms with Crippen LogP contribution >= 0.6 is 0 Å². The number of carbonyl (C=O) groups excluding carboxylic acids is 1. The highest BCUT2D eigenvalue weighted by atomic mass is 16.2. The first-order chi connectivity index (χ1) is 9.10. The smallest absolute Gasteiger partial charge is 0.240 e. The van der Waals surface area contributed by atoms with Gasteiger partial charge >= 0.3 is 0 Å². The predicted molar refractivity (Wildman–Crippen MR) is 76.9 cm³/mol. The topological polar surface area (TPSA) is 46.1 Å². The molecule has 1 amide bonds. The van der Waals surface area contributed by atoms with Crippen LogP contribution in [0.3, 0.4) is 0 Å². The van der Waals surface area contributed by atoms with Crippen molar-refractivity contribution < 1.29 is 4.79 Å². The highest BCUT2D eigenvalue weighted by Gasteiger charge is 2.23. The molecule has 0 aliphatic heterocycles. The fraction of sp³-hybridized carbons (Fsp3) is 0.667. The van der Waals surface area contributed by atoms with Crippen LogP contribution in [0.4, 0.5) is 0 Å². The molecule has 1 heterocycles. The van der Waals surface area contributed by atoms with E-state index >= 15 is 0 Å². The van der Waals surface area contributed by atoms with E-state index in [1.165, 1.54) is 5.56 Å².